The van der Waals surface area contributed by atoms with Gasteiger partial charge in [-0.25, -0.2) is 0 Å². The SMILES string of the molecule is CO[C@@H]1CC(CO)[C@H](O)C(O)C1NC(C)=O. The Morgan fingerprint density at radius 2 is 2.06 bits per heavy atom. The third-order valence-electron chi connectivity index (χ3n) is 3.04. The van der Waals surface area contributed by atoms with Crippen molar-refractivity contribution in [2.24, 2.45) is 5.92 Å². The molecule has 5 atom stereocenters. The van der Waals surface area contributed by atoms with E-state index >= 15 is 0 Å². The first-order valence-electron chi connectivity index (χ1n) is 5.28. The van der Waals surface area contributed by atoms with Gasteiger partial charge in [-0.3, -0.25) is 4.79 Å². The van der Waals surface area contributed by atoms with Crippen molar-refractivity contribution in [3.63, 3.8) is 0 Å². The Morgan fingerprint density at radius 1 is 1.44 bits per heavy atom. The minimum Gasteiger partial charge on any atom is -0.396 e. The number of ether oxygens (including phenoxy) is 1. The topological polar surface area (TPSA) is 99.0 Å². The molecule has 3 unspecified atom stereocenters. The zero-order valence-corrected chi connectivity index (χ0v) is 9.46. The molecule has 1 aliphatic rings. The first-order chi connectivity index (χ1) is 7.51. The van der Waals surface area contributed by atoms with Gasteiger partial charge in [-0.2, -0.15) is 0 Å². The number of nitrogens with one attached hydrogen (secondary N) is 1. The average molecular weight is 233 g/mol. The van der Waals surface area contributed by atoms with Gasteiger partial charge >= 0.3 is 0 Å². The summed E-state index contributed by atoms with van der Waals surface area (Å²) in [5, 5.41) is 31.1. The van der Waals surface area contributed by atoms with Gasteiger partial charge in [0.25, 0.3) is 0 Å². The number of amides is 1. The highest BCUT2D eigenvalue weighted by atomic mass is 16.5. The zero-order valence-electron chi connectivity index (χ0n) is 9.46. The maximum absolute atomic E-state index is 11.0. The molecule has 16 heavy (non-hydrogen) atoms. The van der Waals surface area contributed by atoms with Gasteiger partial charge in [0.1, 0.15) is 6.10 Å². The summed E-state index contributed by atoms with van der Waals surface area (Å²) in [6, 6.07) is -0.639. The number of hydrogen-bond donors (Lipinski definition) is 4. The lowest BCUT2D eigenvalue weighted by Crippen LogP contribution is -2.61. The van der Waals surface area contributed by atoms with Crippen LogP contribution in [0.1, 0.15) is 13.3 Å². The van der Waals surface area contributed by atoms with Crippen molar-refractivity contribution >= 4 is 5.91 Å². The van der Waals surface area contributed by atoms with Gasteiger partial charge in [0.2, 0.25) is 5.91 Å². The maximum Gasteiger partial charge on any atom is 0.217 e. The molecule has 0 spiro atoms. The Hall–Kier alpha value is -0.690. The van der Waals surface area contributed by atoms with Crippen LogP contribution < -0.4 is 5.32 Å². The van der Waals surface area contributed by atoms with Crippen molar-refractivity contribution in [1.29, 1.82) is 0 Å². The molecule has 0 heterocycles. The highest BCUT2D eigenvalue weighted by molar-refractivity contribution is 5.73. The highest BCUT2D eigenvalue weighted by Crippen LogP contribution is 2.27. The van der Waals surface area contributed by atoms with E-state index in [4.69, 9.17) is 9.84 Å². The summed E-state index contributed by atoms with van der Waals surface area (Å²) in [4.78, 5) is 11.0. The summed E-state index contributed by atoms with van der Waals surface area (Å²) in [7, 11) is 1.47. The van der Waals surface area contributed by atoms with Crippen LogP contribution in [0.2, 0.25) is 0 Å². The molecule has 6 nitrogen and oxygen atoms in total. The minimum atomic E-state index is -1.13. The monoisotopic (exact) mass is 233 g/mol. The van der Waals surface area contributed by atoms with Crippen molar-refractivity contribution in [2.75, 3.05) is 13.7 Å². The van der Waals surface area contributed by atoms with Gasteiger partial charge in [0, 0.05) is 26.6 Å². The molecule has 0 radical (unpaired) electrons. The third-order valence-corrected chi connectivity index (χ3v) is 3.04. The molecule has 1 fully saturated rings. The van der Waals surface area contributed by atoms with Gasteiger partial charge in [0.05, 0.1) is 18.2 Å². The lowest BCUT2D eigenvalue weighted by atomic mass is 9.79. The standard InChI is InChI=1S/C10H19NO5/c1-5(13)11-8-7(16-2)3-6(4-12)9(14)10(8)15/h6-10,12,14-15H,3-4H2,1-2H3,(H,11,13)/t6?,7-,8?,9+,10?/m1/s1. The zero-order chi connectivity index (χ0) is 12.3. The largest absolute Gasteiger partial charge is 0.396 e. The van der Waals surface area contributed by atoms with E-state index in [1.54, 1.807) is 0 Å². The quantitative estimate of drug-likeness (QED) is 0.463. The molecule has 1 aliphatic carbocycles. The van der Waals surface area contributed by atoms with Gasteiger partial charge in [-0.15, -0.1) is 0 Å². The number of carbonyl (C=O) groups is 1. The molecule has 1 amide bonds. The Bertz CT molecular complexity index is 245. The second kappa shape index (κ2) is 5.58. The van der Waals surface area contributed by atoms with Crippen molar-refractivity contribution in [3.05, 3.63) is 0 Å². The maximum atomic E-state index is 11.0. The summed E-state index contributed by atoms with van der Waals surface area (Å²) in [6.45, 7) is 1.12. The number of aliphatic hydroxyl groups is 3. The van der Waals surface area contributed by atoms with Crippen molar-refractivity contribution in [3.8, 4) is 0 Å². The number of carbonyl (C=O) groups excluding carboxylic acids is 1. The smallest absolute Gasteiger partial charge is 0.217 e. The highest BCUT2D eigenvalue weighted by Gasteiger charge is 2.43. The molecule has 0 aromatic heterocycles. The van der Waals surface area contributed by atoms with Crippen LogP contribution in [0.5, 0.6) is 0 Å². The second-order valence-electron chi connectivity index (χ2n) is 4.16. The van der Waals surface area contributed by atoms with Crippen molar-refractivity contribution in [2.45, 2.75) is 37.7 Å². The number of rotatable bonds is 3. The molecule has 1 rings (SSSR count). The lowest BCUT2D eigenvalue weighted by Gasteiger charge is -2.41. The molecule has 0 bridgehead atoms. The summed E-state index contributed by atoms with van der Waals surface area (Å²) >= 11 is 0. The molecular weight excluding hydrogens is 214 g/mol. The number of hydrogen-bond acceptors (Lipinski definition) is 5. The van der Waals surface area contributed by atoms with Crippen LogP contribution in [0, 0.1) is 5.92 Å². The van der Waals surface area contributed by atoms with Crippen LogP contribution >= 0.6 is 0 Å². The fourth-order valence-electron chi connectivity index (χ4n) is 2.13. The van der Waals surface area contributed by atoms with Crippen LogP contribution in [0.15, 0.2) is 0 Å². The Labute approximate surface area is 94.2 Å². The molecule has 0 aliphatic heterocycles. The molecule has 6 heteroatoms. The predicted molar refractivity (Wildman–Crippen MR) is 55.6 cm³/mol. The Morgan fingerprint density at radius 3 is 2.50 bits per heavy atom. The van der Waals surface area contributed by atoms with Crippen molar-refractivity contribution < 1.29 is 24.9 Å². The average Bonchev–Trinajstić information content (AvgIpc) is 2.25. The van der Waals surface area contributed by atoms with Gasteiger partial charge in [-0.1, -0.05) is 0 Å². The summed E-state index contributed by atoms with van der Waals surface area (Å²) < 4.78 is 5.16. The Balaban J connectivity index is 2.77. The summed E-state index contributed by atoms with van der Waals surface area (Å²) in [5.41, 5.74) is 0. The summed E-state index contributed by atoms with van der Waals surface area (Å²) in [5.74, 6) is -0.717. The molecule has 94 valence electrons. The molecular formula is C10H19NO5. The van der Waals surface area contributed by atoms with Gasteiger partial charge in [-0.05, 0) is 6.42 Å². The van der Waals surface area contributed by atoms with Crippen LogP contribution in [0.3, 0.4) is 0 Å². The molecule has 1 saturated carbocycles. The number of methoxy groups -OCH3 is 1. The first kappa shape index (κ1) is 13.4. The van der Waals surface area contributed by atoms with Crippen LogP contribution in [0.4, 0.5) is 0 Å². The summed E-state index contributed by atoms with van der Waals surface area (Å²) in [6.07, 6.45) is -2.18. The number of aliphatic hydroxyl groups excluding tert-OH is 3. The van der Waals surface area contributed by atoms with E-state index in [0.29, 0.717) is 6.42 Å². The molecule has 4 N–H and O–H groups in total. The van der Waals surface area contributed by atoms with E-state index in [-0.39, 0.29) is 12.5 Å². The van der Waals surface area contributed by atoms with E-state index in [9.17, 15) is 15.0 Å². The second-order valence-corrected chi connectivity index (χ2v) is 4.16. The van der Waals surface area contributed by atoms with E-state index in [1.807, 2.05) is 0 Å². The van der Waals surface area contributed by atoms with Crippen LogP contribution in [-0.2, 0) is 9.53 Å². The lowest BCUT2D eigenvalue weighted by molar-refractivity contribution is -0.137. The third kappa shape index (κ3) is 2.70. The van der Waals surface area contributed by atoms with Gasteiger partial charge < -0.3 is 25.4 Å². The van der Waals surface area contributed by atoms with E-state index in [2.05, 4.69) is 5.32 Å². The normalized spacial score (nSPS) is 39.4. The van der Waals surface area contributed by atoms with Crippen molar-refractivity contribution in [1.82, 2.24) is 5.32 Å². The van der Waals surface area contributed by atoms with Crippen LogP contribution in [0.25, 0.3) is 0 Å². The first-order valence-corrected chi connectivity index (χ1v) is 5.28. The van der Waals surface area contributed by atoms with E-state index < -0.39 is 30.3 Å². The minimum absolute atomic E-state index is 0.217. The van der Waals surface area contributed by atoms with E-state index in [1.165, 1.54) is 14.0 Å². The van der Waals surface area contributed by atoms with Crippen LogP contribution in [-0.4, -0.2) is 59.3 Å². The fourth-order valence-corrected chi connectivity index (χ4v) is 2.13. The van der Waals surface area contributed by atoms with E-state index in [0.717, 1.165) is 0 Å². The predicted octanol–water partition coefficient (Wildman–Crippen LogP) is -1.76. The Kier molecular flexibility index (Phi) is 4.67. The molecule has 0 saturated heterocycles. The molecule has 0 aromatic rings. The van der Waals surface area contributed by atoms with Gasteiger partial charge in [0.15, 0.2) is 0 Å². The fraction of sp³-hybridized carbons (Fsp3) is 0.900. The molecule has 0 aromatic carbocycles.